The number of rotatable bonds is 8. The highest BCUT2D eigenvalue weighted by Gasteiger charge is 2.14. The Labute approximate surface area is 128 Å². The Kier molecular flexibility index (Phi) is 7.07. The molecule has 0 fully saturated rings. The Morgan fingerprint density at radius 2 is 1.81 bits per heavy atom. The van der Waals surface area contributed by atoms with Gasteiger partial charge in [0.2, 0.25) is 0 Å². The minimum Gasteiger partial charge on any atom is -0.308 e. The molecule has 1 aromatic carbocycles. The predicted molar refractivity (Wildman–Crippen MR) is 85.3 cm³/mol. The van der Waals surface area contributed by atoms with Gasteiger partial charge in [0.05, 0.1) is 18.2 Å². The number of carbonyl (C=O) groups excluding carboxylic acids is 1. The maximum atomic E-state index is 12.3. The second kappa shape index (κ2) is 8.56. The van der Waals surface area contributed by atoms with Crippen LogP contribution in [0.4, 0.5) is 0 Å². The summed E-state index contributed by atoms with van der Waals surface area (Å²) in [6.07, 6.45) is 0. The second-order valence-electron chi connectivity index (χ2n) is 6.04. The van der Waals surface area contributed by atoms with Crippen molar-refractivity contribution in [3.8, 4) is 6.07 Å². The van der Waals surface area contributed by atoms with E-state index in [1.807, 2.05) is 14.1 Å². The van der Waals surface area contributed by atoms with E-state index in [4.69, 9.17) is 5.26 Å². The molecule has 0 bridgehead atoms. The van der Waals surface area contributed by atoms with Gasteiger partial charge in [-0.2, -0.15) is 5.26 Å². The van der Waals surface area contributed by atoms with Crippen molar-refractivity contribution in [2.24, 2.45) is 5.92 Å². The maximum Gasteiger partial charge on any atom is 0.176 e. The summed E-state index contributed by atoms with van der Waals surface area (Å²) in [5.74, 6) is 0.639. The molecule has 4 heteroatoms. The van der Waals surface area contributed by atoms with Crippen molar-refractivity contribution in [1.29, 1.82) is 5.26 Å². The van der Waals surface area contributed by atoms with Gasteiger partial charge in [-0.05, 0) is 32.1 Å². The van der Waals surface area contributed by atoms with Crippen LogP contribution in [0.1, 0.15) is 29.8 Å². The smallest absolute Gasteiger partial charge is 0.176 e. The quantitative estimate of drug-likeness (QED) is 0.688. The molecule has 0 saturated heterocycles. The summed E-state index contributed by atoms with van der Waals surface area (Å²) in [6.45, 7) is 7.48. The summed E-state index contributed by atoms with van der Waals surface area (Å²) in [4.78, 5) is 16.7. The van der Waals surface area contributed by atoms with Crippen molar-refractivity contribution < 1.29 is 4.79 Å². The number of likely N-dealkylation sites (N-methyl/N-ethyl adjacent to an activating group) is 1. The predicted octanol–water partition coefficient (Wildman–Crippen LogP) is 2.26. The first-order valence-electron chi connectivity index (χ1n) is 7.32. The lowest BCUT2D eigenvalue weighted by molar-refractivity contribution is 0.0916. The van der Waals surface area contributed by atoms with E-state index in [9.17, 15) is 4.79 Å². The molecule has 114 valence electrons. The van der Waals surface area contributed by atoms with Gasteiger partial charge in [-0.3, -0.25) is 9.69 Å². The highest BCUT2D eigenvalue weighted by molar-refractivity contribution is 5.97. The first kappa shape index (κ1) is 17.4. The molecule has 0 amide bonds. The van der Waals surface area contributed by atoms with E-state index in [1.165, 1.54) is 0 Å². The van der Waals surface area contributed by atoms with Gasteiger partial charge in [-0.15, -0.1) is 0 Å². The van der Waals surface area contributed by atoms with E-state index >= 15 is 0 Å². The third-order valence-corrected chi connectivity index (χ3v) is 3.19. The number of hydrogen-bond acceptors (Lipinski definition) is 4. The summed E-state index contributed by atoms with van der Waals surface area (Å²) in [5.41, 5.74) is 1.26. The van der Waals surface area contributed by atoms with Gasteiger partial charge in [0.25, 0.3) is 0 Å². The van der Waals surface area contributed by atoms with Crippen molar-refractivity contribution in [2.45, 2.75) is 13.8 Å². The van der Waals surface area contributed by atoms with Crippen molar-refractivity contribution in [2.75, 3.05) is 40.3 Å². The number of nitrogens with zero attached hydrogens (tertiary/aromatic N) is 3. The highest BCUT2D eigenvalue weighted by atomic mass is 16.1. The molecular formula is C17H25N3O. The van der Waals surface area contributed by atoms with Crippen LogP contribution in [-0.2, 0) is 0 Å². The van der Waals surface area contributed by atoms with Crippen molar-refractivity contribution in [3.63, 3.8) is 0 Å². The first-order valence-corrected chi connectivity index (χ1v) is 7.32. The Balaban J connectivity index is 2.67. The maximum absolute atomic E-state index is 12.3. The van der Waals surface area contributed by atoms with Gasteiger partial charge in [-0.25, -0.2) is 0 Å². The lowest BCUT2D eigenvalue weighted by Crippen LogP contribution is -2.37. The van der Waals surface area contributed by atoms with Gasteiger partial charge in [0.1, 0.15) is 0 Å². The molecule has 1 aromatic rings. The van der Waals surface area contributed by atoms with Crippen molar-refractivity contribution in [1.82, 2.24) is 9.80 Å². The zero-order chi connectivity index (χ0) is 15.8. The van der Waals surface area contributed by atoms with E-state index in [-0.39, 0.29) is 5.78 Å². The molecule has 0 atom stereocenters. The van der Waals surface area contributed by atoms with Crippen LogP contribution in [0.3, 0.4) is 0 Å². The number of carbonyl (C=O) groups is 1. The molecule has 0 heterocycles. The fraction of sp³-hybridized carbons (Fsp3) is 0.529. The van der Waals surface area contributed by atoms with Gasteiger partial charge < -0.3 is 4.90 Å². The number of benzene rings is 1. The Morgan fingerprint density at radius 3 is 2.29 bits per heavy atom. The SMILES string of the molecule is CC(C)CN(CCN(C)C)CC(=O)c1ccc(C#N)cc1. The van der Waals surface area contributed by atoms with Crippen LogP contribution in [0, 0.1) is 17.2 Å². The fourth-order valence-corrected chi connectivity index (χ4v) is 2.12. The summed E-state index contributed by atoms with van der Waals surface area (Å²) >= 11 is 0. The summed E-state index contributed by atoms with van der Waals surface area (Å²) in [7, 11) is 4.08. The van der Waals surface area contributed by atoms with Crippen molar-refractivity contribution >= 4 is 5.78 Å². The van der Waals surface area contributed by atoms with Gasteiger partial charge >= 0.3 is 0 Å². The molecule has 0 aliphatic heterocycles. The second-order valence-corrected chi connectivity index (χ2v) is 6.04. The van der Waals surface area contributed by atoms with Crippen LogP contribution in [-0.4, -0.2) is 55.9 Å². The van der Waals surface area contributed by atoms with Gasteiger partial charge in [0, 0.05) is 25.2 Å². The first-order chi connectivity index (χ1) is 9.92. The lowest BCUT2D eigenvalue weighted by atomic mass is 10.1. The minimum absolute atomic E-state index is 0.110. The average molecular weight is 287 g/mol. The topological polar surface area (TPSA) is 47.3 Å². The van der Waals surface area contributed by atoms with Gasteiger partial charge in [0.15, 0.2) is 5.78 Å². The standard InChI is InChI=1S/C17H25N3O/c1-14(2)12-20(10-9-19(3)4)13-17(21)16-7-5-15(11-18)6-8-16/h5-8,14H,9-10,12-13H2,1-4H3. The summed E-state index contributed by atoms with van der Waals surface area (Å²) in [5, 5.41) is 8.79. The fourth-order valence-electron chi connectivity index (χ4n) is 2.12. The zero-order valence-corrected chi connectivity index (χ0v) is 13.5. The summed E-state index contributed by atoms with van der Waals surface area (Å²) in [6, 6.07) is 8.93. The molecule has 0 aliphatic rings. The van der Waals surface area contributed by atoms with Crippen LogP contribution < -0.4 is 0 Å². The lowest BCUT2D eigenvalue weighted by Gasteiger charge is -2.25. The Morgan fingerprint density at radius 1 is 1.19 bits per heavy atom. The van der Waals surface area contributed by atoms with E-state index < -0.39 is 0 Å². The minimum atomic E-state index is 0.110. The molecule has 0 radical (unpaired) electrons. The molecule has 0 N–H and O–H groups in total. The van der Waals surface area contributed by atoms with Crippen LogP contribution in [0.15, 0.2) is 24.3 Å². The largest absolute Gasteiger partial charge is 0.308 e. The van der Waals surface area contributed by atoms with E-state index in [1.54, 1.807) is 24.3 Å². The molecule has 0 saturated carbocycles. The molecule has 4 nitrogen and oxygen atoms in total. The van der Waals surface area contributed by atoms with Crippen LogP contribution in [0.5, 0.6) is 0 Å². The third-order valence-electron chi connectivity index (χ3n) is 3.19. The third kappa shape index (κ3) is 6.52. The van der Waals surface area contributed by atoms with E-state index in [2.05, 4.69) is 29.7 Å². The molecule has 0 aromatic heterocycles. The molecule has 0 spiro atoms. The molecular weight excluding hydrogens is 262 g/mol. The number of nitriles is 1. The number of Topliss-reactive ketones (excluding diaryl/α,β-unsaturated/α-hetero) is 1. The molecule has 21 heavy (non-hydrogen) atoms. The number of hydrogen-bond donors (Lipinski definition) is 0. The van der Waals surface area contributed by atoms with Crippen LogP contribution in [0.2, 0.25) is 0 Å². The van der Waals surface area contributed by atoms with Gasteiger partial charge in [-0.1, -0.05) is 26.0 Å². The molecule has 0 unspecified atom stereocenters. The highest BCUT2D eigenvalue weighted by Crippen LogP contribution is 2.07. The van der Waals surface area contributed by atoms with E-state index in [0.29, 0.717) is 23.6 Å². The normalized spacial score (nSPS) is 11.1. The summed E-state index contributed by atoms with van der Waals surface area (Å²) < 4.78 is 0. The van der Waals surface area contributed by atoms with Crippen molar-refractivity contribution in [3.05, 3.63) is 35.4 Å². The average Bonchev–Trinajstić information content (AvgIpc) is 2.44. The molecule has 1 rings (SSSR count). The number of ketones is 1. The Hall–Kier alpha value is -1.70. The van der Waals surface area contributed by atoms with Crippen LogP contribution in [0.25, 0.3) is 0 Å². The monoisotopic (exact) mass is 287 g/mol. The van der Waals surface area contributed by atoms with E-state index in [0.717, 1.165) is 19.6 Å². The molecule has 0 aliphatic carbocycles. The zero-order valence-electron chi connectivity index (χ0n) is 13.5. The Bertz CT molecular complexity index is 486. The van der Waals surface area contributed by atoms with Crippen LogP contribution >= 0.6 is 0 Å².